The van der Waals surface area contributed by atoms with Gasteiger partial charge in [-0.2, -0.15) is 4.37 Å². The molecule has 142 valence electrons. The zero-order valence-corrected chi connectivity index (χ0v) is 16.9. The average molecular weight is 459 g/mol. The van der Waals surface area contributed by atoms with Crippen LogP contribution in [-0.4, -0.2) is 28.1 Å². The van der Waals surface area contributed by atoms with E-state index in [-0.39, 0.29) is 12.5 Å². The van der Waals surface area contributed by atoms with E-state index in [4.69, 9.17) is 4.74 Å². The lowest BCUT2D eigenvalue weighted by atomic mass is 9.98. The van der Waals surface area contributed by atoms with E-state index in [2.05, 4.69) is 37.8 Å². The maximum absolute atomic E-state index is 12.3. The molecule has 6 nitrogen and oxygen atoms in total. The van der Waals surface area contributed by atoms with Crippen molar-refractivity contribution < 1.29 is 19.4 Å². The van der Waals surface area contributed by atoms with Gasteiger partial charge in [-0.3, -0.25) is 0 Å². The van der Waals surface area contributed by atoms with E-state index in [1.54, 1.807) is 0 Å². The van der Waals surface area contributed by atoms with Crippen molar-refractivity contribution in [1.82, 2.24) is 9.69 Å². The second-order valence-electron chi connectivity index (χ2n) is 6.28. The van der Waals surface area contributed by atoms with Crippen LogP contribution in [0.25, 0.3) is 11.1 Å². The molecule has 1 heterocycles. The fourth-order valence-electron chi connectivity index (χ4n) is 3.42. The molecule has 0 radical (unpaired) electrons. The summed E-state index contributed by atoms with van der Waals surface area (Å²) < 4.78 is 9.88. The average Bonchev–Trinajstić information content (AvgIpc) is 3.25. The van der Waals surface area contributed by atoms with Gasteiger partial charge in [0.1, 0.15) is 6.61 Å². The van der Waals surface area contributed by atoms with E-state index in [0.717, 1.165) is 33.8 Å². The molecule has 2 N–H and O–H groups in total. The van der Waals surface area contributed by atoms with Crippen molar-refractivity contribution in [2.75, 3.05) is 6.61 Å². The first kappa shape index (κ1) is 18.6. The van der Waals surface area contributed by atoms with Crippen LogP contribution in [0.1, 0.15) is 28.0 Å². The molecular formula is C20H15BrN2O4S. The number of hydrogen-bond acceptors (Lipinski definition) is 5. The topological polar surface area (TPSA) is 88.5 Å². The molecule has 1 aliphatic carbocycles. The summed E-state index contributed by atoms with van der Waals surface area (Å²) in [4.78, 5) is 24.3. The maximum Gasteiger partial charge on any atom is 0.408 e. The van der Waals surface area contributed by atoms with E-state index in [1.165, 1.54) is 6.20 Å². The summed E-state index contributed by atoms with van der Waals surface area (Å²) in [7, 11) is 0. The van der Waals surface area contributed by atoms with Crippen LogP contribution in [-0.2, 0) is 9.53 Å². The first-order valence-electron chi connectivity index (χ1n) is 8.50. The van der Waals surface area contributed by atoms with Crippen molar-refractivity contribution in [3.8, 4) is 11.1 Å². The van der Waals surface area contributed by atoms with Gasteiger partial charge in [0.25, 0.3) is 0 Å². The SMILES string of the molecule is O=C(NC(C(=O)O)c1sncc1Br)OCC1c2ccccc2-c2ccccc21. The summed E-state index contributed by atoms with van der Waals surface area (Å²) in [6.07, 6.45) is 0.713. The standard InChI is InChI=1S/C20H15BrN2O4S/c21-16-9-22-28-18(16)17(19(24)25)23-20(26)27-10-15-13-7-3-1-5-11(13)12-6-2-4-8-14(12)15/h1-9,15,17H,10H2,(H,23,26)(H,24,25). The Kier molecular flexibility index (Phi) is 5.15. The minimum atomic E-state index is -1.22. The van der Waals surface area contributed by atoms with Gasteiger partial charge in [0, 0.05) is 5.92 Å². The van der Waals surface area contributed by atoms with Crippen LogP contribution in [0.5, 0.6) is 0 Å². The number of aromatic nitrogens is 1. The molecule has 0 saturated heterocycles. The smallest absolute Gasteiger partial charge is 0.408 e. The molecule has 3 aromatic rings. The van der Waals surface area contributed by atoms with Crippen LogP contribution in [0, 0.1) is 0 Å². The largest absolute Gasteiger partial charge is 0.479 e. The normalized spacial score (nSPS) is 13.5. The van der Waals surface area contributed by atoms with Gasteiger partial charge in [-0.25, -0.2) is 9.59 Å². The number of rotatable bonds is 5. The summed E-state index contributed by atoms with van der Waals surface area (Å²) in [5, 5.41) is 11.9. The minimum absolute atomic E-state index is 0.0865. The van der Waals surface area contributed by atoms with Crippen LogP contribution >= 0.6 is 27.5 Å². The molecule has 8 heteroatoms. The molecule has 1 atom stereocenters. The first-order valence-corrected chi connectivity index (χ1v) is 10.1. The number of nitrogens with zero attached hydrogens (tertiary/aromatic N) is 1. The van der Waals surface area contributed by atoms with Crippen molar-refractivity contribution in [1.29, 1.82) is 0 Å². The second-order valence-corrected chi connectivity index (χ2v) is 7.97. The van der Waals surface area contributed by atoms with Gasteiger partial charge >= 0.3 is 12.1 Å². The molecule has 0 fully saturated rings. The Labute approximate surface area is 173 Å². The van der Waals surface area contributed by atoms with Gasteiger partial charge < -0.3 is 15.2 Å². The monoisotopic (exact) mass is 458 g/mol. The number of carboxylic acids is 1. The van der Waals surface area contributed by atoms with Crippen LogP contribution in [0.15, 0.2) is 59.2 Å². The Balaban J connectivity index is 1.49. The number of halogens is 1. The number of carbonyl (C=O) groups is 2. The maximum atomic E-state index is 12.3. The Bertz CT molecular complexity index is 1010. The van der Waals surface area contributed by atoms with Gasteiger partial charge in [0.2, 0.25) is 0 Å². The lowest BCUT2D eigenvalue weighted by Gasteiger charge is -2.17. The second kappa shape index (κ2) is 7.73. The molecule has 1 amide bonds. The molecule has 28 heavy (non-hydrogen) atoms. The summed E-state index contributed by atoms with van der Waals surface area (Å²) in [6.45, 7) is 0.121. The third kappa shape index (κ3) is 3.41. The van der Waals surface area contributed by atoms with Crippen LogP contribution in [0.2, 0.25) is 0 Å². The molecule has 0 bridgehead atoms. The van der Waals surface area contributed by atoms with Crippen molar-refractivity contribution in [2.45, 2.75) is 12.0 Å². The van der Waals surface area contributed by atoms with Gasteiger partial charge in [0.05, 0.1) is 15.5 Å². The van der Waals surface area contributed by atoms with Crippen molar-refractivity contribution >= 4 is 39.5 Å². The predicted octanol–water partition coefficient (Wildman–Crippen LogP) is 4.57. The van der Waals surface area contributed by atoms with E-state index in [0.29, 0.717) is 9.35 Å². The van der Waals surface area contributed by atoms with E-state index < -0.39 is 18.1 Å². The third-order valence-electron chi connectivity index (χ3n) is 4.67. The number of fused-ring (bicyclic) bond motifs is 3. The molecule has 2 aromatic carbocycles. The van der Waals surface area contributed by atoms with E-state index in [9.17, 15) is 14.7 Å². The lowest BCUT2D eigenvalue weighted by molar-refractivity contribution is -0.139. The summed E-state index contributed by atoms with van der Waals surface area (Å²) in [5.41, 5.74) is 4.45. The number of carbonyl (C=O) groups excluding carboxylic acids is 1. The van der Waals surface area contributed by atoms with Gasteiger partial charge in [-0.05, 0) is 49.7 Å². The highest BCUT2D eigenvalue weighted by Gasteiger charge is 2.30. The van der Waals surface area contributed by atoms with Crippen molar-refractivity contribution in [3.05, 3.63) is 75.2 Å². The number of carboxylic acid groups (broad SMARTS) is 1. The fraction of sp³-hybridized carbons (Fsp3) is 0.150. The van der Waals surface area contributed by atoms with E-state index in [1.807, 2.05) is 36.4 Å². The van der Waals surface area contributed by atoms with Gasteiger partial charge in [-0.15, -0.1) is 0 Å². The summed E-state index contributed by atoms with van der Waals surface area (Å²) in [5.74, 6) is -1.27. The van der Waals surface area contributed by atoms with Crippen LogP contribution in [0.4, 0.5) is 4.79 Å². The Morgan fingerprint density at radius 3 is 2.29 bits per heavy atom. The number of aliphatic carboxylic acids is 1. The number of alkyl carbamates (subject to hydrolysis) is 1. The predicted molar refractivity (Wildman–Crippen MR) is 108 cm³/mol. The third-order valence-corrected chi connectivity index (χ3v) is 6.42. The highest BCUT2D eigenvalue weighted by atomic mass is 79.9. The molecular weight excluding hydrogens is 444 g/mol. The quantitative estimate of drug-likeness (QED) is 0.584. The number of ether oxygens (including phenoxy) is 1. The van der Waals surface area contributed by atoms with Crippen molar-refractivity contribution in [3.63, 3.8) is 0 Å². The van der Waals surface area contributed by atoms with Crippen LogP contribution < -0.4 is 5.32 Å². The summed E-state index contributed by atoms with van der Waals surface area (Å²) in [6, 6.07) is 14.8. The summed E-state index contributed by atoms with van der Waals surface area (Å²) >= 11 is 4.25. The number of nitrogens with one attached hydrogen (secondary N) is 1. The zero-order valence-electron chi connectivity index (χ0n) is 14.5. The molecule has 4 rings (SSSR count). The van der Waals surface area contributed by atoms with Gasteiger partial charge in [0.15, 0.2) is 6.04 Å². The Morgan fingerprint density at radius 2 is 1.75 bits per heavy atom. The Hall–Kier alpha value is -2.71. The number of amides is 1. The van der Waals surface area contributed by atoms with Crippen LogP contribution in [0.3, 0.4) is 0 Å². The molecule has 0 saturated carbocycles. The highest BCUT2D eigenvalue weighted by molar-refractivity contribution is 9.10. The molecule has 0 spiro atoms. The molecule has 1 unspecified atom stereocenters. The van der Waals surface area contributed by atoms with Gasteiger partial charge in [-0.1, -0.05) is 48.5 Å². The Morgan fingerprint density at radius 1 is 1.14 bits per heavy atom. The fourth-order valence-corrected chi connectivity index (χ4v) is 4.79. The molecule has 0 aliphatic heterocycles. The lowest BCUT2D eigenvalue weighted by Crippen LogP contribution is -2.34. The van der Waals surface area contributed by atoms with E-state index >= 15 is 0 Å². The first-order chi connectivity index (χ1) is 13.6. The highest BCUT2D eigenvalue weighted by Crippen LogP contribution is 2.44. The van der Waals surface area contributed by atoms with Crippen molar-refractivity contribution in [2.24, 2.45) is 0 Å². The molecule has 1 aliphatic rings. The minimum Gasteiger partial charge on any atom is -0.479 e. The number of hydrogen-bond donors (Lipinski definition) is 2. The number of benzene rings is 2. The zero-order chi connectivity index (χ0) is 19.7. The molecule has 1 aromatic heterocycles.